The molecule has 0 spiro atoms. The fourth-order valence-corrected chi connectivity index (χ4v) is 5.03. The zero-order chi connectivity index (χ0) is 24.6. The van der Waals surface area contributed by atoms with Crippen LogP contribution in [0, 0.1) is 0 Å². The minimum Gasteiger partial charge on any atom is -0.507 e. The zero-order valence-corrected chi connectivity index (χ0v) is 21.0. The Morgan fingerprint density at radius 1 is 1.12 bits per heavy atom. The van der Waals surface area contributed by atoms with E-state index >= 15 is 0 Å². The molecule has 1 unspecified atom stereocenters. The van der Waals surface area contributed by atoms with Gasteiger partial charge in [0.05, 0.1) is 25.3 Å². The number of hydrogen-bond acceptors (Lipinski definition) is 5. The monoisotopic (exact) mass is 495 g/mol. The average molecular weight is 496 g/mol. The number of ether oxygens (including phenoxy) is 1. The number of hydrogen-bond donors (Lipinski definition) is 1. The van der Waals surface area contributed by atoms with Crippen LogP contribution in [-0.2, 0) is 21.5 Å². The van der Waals surface area contributed by atoms with Crippen molar-refractivity contribution in [1.29, 1.82) is 0 Å². The van der Waals surface area contributed by atoms with E-state index in [0.717, 1.165) is 10.4 Å². The largest absolute Gasteiger partial charge is 0.507 e. The molecule has 0 saturated carbocycles. The van der Waals surface area contributed by atoms with Crippen molar-refractivity contribution in [1.82, 2.24) is 4.90 Å². The molecule has 2 heterocycles. The quantitative estimate of drug-likeness (QED) is 0.255. The van der Waals surface area contributed by atoms with Gasteiger partial charge in [-0.25, -0.2) is 0 Å². The summed E-state index contributed by atoms with van der Waals surface area (Å²) in [4.78, 5) is 28.9. The molecular formula is C27H26ClNO4S. The summed E-state index contributed by atoms with van der Waals surface area (Å²) in [5.41, 5.74) is 1.84. The standard InChI is InChI=1S/C27H26ClNO4S/c1-27(2,3)20-14-17(9-12-21(20)33-4)24(30)22-23(16-7-10-18(28)11-8-16)29(26(32)25(22)31)15-19-6-5-13-34-19/h5-14,23,30H,15H2,1-4H3/b24-22-. The summed E-state index contributed by atoms with van der Waals surface area (Å²) in [6.45, 7) is 6.40. The van der Waals surface area contributed by atoms with Crippen LogP contribution in [0.5, 0.6) is 5.75 Å². The van der Waals surface area contributed by atoms with E-state index in [1.54, 1.807) is 43.5 Å². The van der Waals surface area contributed by atoms with Crippen molar-refractivity contribution in [2.75, 3.05) is 7.11 Å². The first-order valence-electron chi connectivity index (χ1n) is 10.9. The van der Waals surface area contributed by atoms with Crippen LogP contribution in [0.25, 0.3) is 5.76 Å². The van der Waals surface area contributed by atoms with Crippen LogP contribution in [-0.4, -0.2) is 28.8 Å². The fourth-order valence-electron chi connectivity index (χ4n) is 4.20. The van der Waals surface area contributed by atoms with E-state index in [2.05, 4.69) is 0 Å². The highest BCUT2D eigenvalue weighted by molar-refractivity contribution is 7.09. The van der Waals surface area contributed by atoms with Gasteiger partial charge in [0.25, 0.3) is 11.7 Å². The van der Waals surface area contributed by atoms with Gasteiger partial charge in [-0.3, -0.25) is 9.59 Å². The fraction of sp³-hybridized carbons (Fsp3) is 0.259. The normalized spacial score (nSPS) is 17.9. The van der Waals surface area contributed by atoms with Crippen molar-refractivity contribution in [2.24, 2.45) is 0 Å². The molecule has 1 N–H and O–H groups in total. The number of ketones is 1. The Hall–Kier alpha value is -3.09. The van der Waals surface area contributed by atoms with E-state index in [4.69, 9.17) is 16.3 Å². The van der Waals surface area contributed by atoms with Gasteiger partial charge in [-0.05, 0) is 52.8 Å². The summed E-state index contributed by atoms with van der Waals surface area (Å²) in [5.74, 6) is -0.863. The molecule has 1 amide bonds. The first-order chi connectivity index (χ1) is 16.1. The van der Waals surface area contributed by atoms with Gasteiger partial charge in [0.2, 0.25) is 0 Å². The lowest BCUT2D eigenvalue weighted by Crippen LogP contribution is -2.28. The summed E-state index contributed by atoms with van der Waals surface area (Å²) < 4.78 is 5.51. The molecule has 34 heavy (non-hydrogen) atoms. The number of halogens is 1. The third-order valence-corrected chi connectivity index (χ3v) is 7.03. The van der Waals surface area contributed by atoms with Crippen molar-refractivity contribution < 1.29 is 19.4 Å². The van der Waals surface area contributed by atoms with Crippen molar-refractivity contribution >= 4 is 40.4 Å². The van der Waals surface area contributed by atoms with Crippen LogP contribution in [0.1, 0.15) is 48.4 Å². The Bertz CT molecular complexity index is 1260. The molecule has 7 heteroatoms. The molecule has 2 aromatic carbocycles. The van der Waals surface area contributed by atoms with Crippen molar-refractivity contribution in [2.45, 2.75) is 38.8 Å². The van der Waals surface area contributed by atoms with E-state index < -0.39 is 17.7 Å². The van der Waals surface area contributed by atoms with Gasteiger partial charge >= 0.3 is 0 Å². The Balaban J connectivity index is 1.89. The number of amides is 1. The lowest BCUT2D eigenvalue weighted by atomic mass is 9.84. The summed E-state index contributed by atoms with van der Waals surface area (Å²) in [7, 11) is 1.60. The molecule has 1 aliphatic heterocycles. The number of likely N-dealkylation sites (tertiary alicyclic amines) is 1. The Kier molecular flexibility index (Phi) is 6.56. The van der Waals surface area contributed by atoms with Crippen LogP contribution in [0.3, 0.4) is 0 Å². The molecule has 5 nitrogen and oxygen atoms in total. The number of carbonyl (C=O) groups is 2. The first-order valence-corrected chi connectivity index (χ1v) is 12.1. The van der Waals surface area contributed by atoms with Gasteiger partial charge in [-0.2, -0.15) is 0 Å². The lowest BCUT2D eigenvalue weighted by Gasteiger charge is -2.25. The maximum Gasteiger partial charge on any atom is 0.295 e. The lowest BCUT2D eigenvalue weighted by molar-refractivity contribution is -0.140. The predicted octanol–water partition coefficient (Wildman–Crippen LogP) is 6.33. The number of nitrogens with zero attached hydrogens (tertiary/aromatic N) is 1. The highest BCUT2D eigenvalue weighted by Crippen LogP contribution is 2.42. The van der Waals surface area contributed by atoms with Crippen LogP contribution < -0.4 is 4.74 Å². The van der Waals surface area contributed by atoms with Crippen molar-refractivity contribution in [3.63, 3.8) is 0 Å². The van der Waals surface area contributed by atoms with Crippen LogP contribution >= 0.6 is 22.9 Å². The first kappa shape index (κ1) is 24.0. The second kappa shape index (κ2) is 9.28. The molecule has 1 aliphatic rings. The highest BCUT2D eigenvalue weighted by Gasteiger charge is 2.46. The molecule has 176 valence electrons. The van der Waals surface area contributed by atoms with Gasteiger partial charge in [0.1, 0.15) is 11.5 Å². The number of benzene rings is 2. The number of aliphatic hydroxyl groups excluding tert-OH is 1. The maximum absolute atomic E-state index is 13.3. The molecular weight excluding hydrogens is 470 g/mol. The third-order valence-electron chi connectivity index (χ3n) is 5.91. The minimum atomic E-state index is -0.737. The summed E-state index contributed by atoms with van der Waals surface area (Å²) in [6.07, 6.45) is 0. The third kappa shape index (κ3) is 4.48. The second-order valence-corrected chi connectivity index (χ2v) is 10.7. The Morgan fingerprint density at radius 2 is 1.82 bits per heavy atom. The zero-order valence-electron chi connectivity index (χ0n) is 19.5. The molecule has 0 bridgehead atoms. The van der Waals surface area contributed by atoms with E-state index in [1.807, 2.05) is 44.4 Å². The second-order valence-electron chi connectivity index (χ2n) is 9.22. The number of aliphatic hydroxyl groups is 1. The number of thiophene rings is 1. The molecule has 1 fully saturated rings. The molecule has 0 radical (unpaired) electrons. The summed E-state index contributed by atoms with van der Waals surface area (Å²) >= 11 is 7.60. The number of Topliss-reactive ketones (excluding diaryl/α,β-unsaturated/α-hetero) is 1. The molecule has 1 atom stereocenters. The van der Waals surface area contributed by atoms with Crippen LogP contribution in [0.4, 0.5) is 0 Å². The molecule has 0 aliphatic carbocycles. The summed E-state index contributed by atoms with van der Waals surface area (Å²) in [6, 6.07) is 15.4. The van der Waals surface area contributed by atoms with Crippen LogP contribution in [0.2, 0.25) is 5.02 Å². The number of carbonyl (C=O) groups excluding carboxylic acids is 2. The Morgan fingerprint density at radius 3 is 2.41 bits per heavy atom. The van der Waals surface area contributed by atoms with E-state index in [-0.39, 0.29) is 23.3 Å². The Labute approximate surface area is 208 Å². The van der Waals surface area contributed by atoms with Gasteiger partial charge in [0.15, 0.2) is 0 Å². The van der Waals surface area contributed by atoms with Gasteiger partial charge in [-0.15, -0.1) is 11.3 Å². The number of rotatable bonds is 5. The molecule has 1 saturated heterocycles. The van der Waals surface area contributed by atoms with Crippen LogP contribution in [0.15, 0.2) is 65.6 Å². The predicted molar refractivity (Wildman–Crippen MR) is 135 cm³/mol. The molecule has 1 aromatic heterocycles. The van der Waals surface area contributed by atoms with Gasteiger partial charge in [0, 0.05) is 21.0 Å². The van der Waals surface area contributed by atoms with Gasteiger partial charge in [-0.1, -0.05) is 50.6 Å². The highest BCUT2D eigenvalue weighted by atomic mass is 35.5. The average Bonchev–Trinajstić information content (AvgIpc) is 3.40. The van der Waals surface area contributed by atoms with E-state index in [0.29, 0.717) is 21.9 Å². The topological polar surface area (TPSA) is 66.8 Å². The molecule has 4 rings (SSSR count). The van der Waals surface area contributed by atoms with Crippen molar-refractivity contribution in [3.05, 3.63) is 92.1 Å². The summed E-state index contributed by atoms with van der Waals surface area (Å²) in [5, 5.41) is 13.9. The smallest absolute Gasteiger partial charge is 0.295 e. The molecule has 3 aromatic rings. The van der Waals surface area contributed by atoms with E-state index in [1.165, 1.54) is 16.2 Å². The minimum absolute atomic E-state index is 0.0638. The van der Waals surface area contributed by atoms with Crippen molar-refractivity contribution in [3.8, 4) is 5.75 Å². The maximum atomic E-state index is 13.3. The SMILES string of the molecule is COc1ccc(/C(O)=C2/C(=O)C(=O)N(Cc3cccs3)C2c2ccc(Cl)cc2)cc1C(C)(C)C. The number of methoxy groups -OCH3 is 1. The van der Waals surface area contributed by atoms with Gasteiger partial charge < -0.3 is 14.7 Å². The van der Waals surface area contributed by atoms with E-state index in [9.17, 15) is 14.7 Å².